The molecule has 1 N–H and O–H groups in total. The molecule has 28 heavy (non-hydrogen) atoms. The number of halogens is 3. The zero-order valence-corrected chi connectivity index (χ0v) is 15.9. The third-order valence-electron chi connectivity index (χ3n) is 4.53. The van der Waals surface area contributed by atoms with Crippen molar-refractivity contribution in [2.75, 3.05) is 38.0 Å². The maximum Gasteiger partial charge on any atom is 0.417 e. The fourth-order valence-electron chi connectivity index (χ4n) is 2.95. The van der Waals surface area contributed by atoms with Crippen LogP contribution in [-0.2, 0) is 6.18 Å². The van der Waals surface area contributed by atoms with Gasteiger partial charge in [0.05, 0.1) is 11.1 Å². The van der Waals surface area contributed by atoms with Crippen LogP contribution in [0.5, 0.6) is 0 Å². The molecule has 1 saturated heterocycles. The summed E-state index contributed by atoms with van der Waals surface area (Å²) in [5, 5.41) is 3.94. The molecule has 150 valence electrons. The Hall–Kier alpha value is -2.46. The number of alkyl halides is 3. The number of rotatable bonds is 4. The van der Waals surface area contributed by atoms with E-state index < -0.39 is 23.2 Å². The van der Waals surface area contributed by atoms with Crippen molar-refractivity contribution in [2.24, 2.45) is 0 Å². The van der Waals surface area contributed by atoms with E-state index in [4.69, 9.17) is 0 Å². The molecule has 0 spiro atoms. The average molecular weight is 412 g/mol. The van der Waals surface area contributed by atoms with Crippen molar-refractivity contribution in [3.8, 4) is 0 Å². The highest BCUT2D eigenvalue weighted by Crippen LogP contribution is 2.32. The molecule has 2 amide bonds. The molecule has 2 heterocycles. The van der Waals surface area contributed by atoms with Crippen LogP contribution in [0.1, 0.15) is 33.3 Å². The van der Waals surface area contributed by atoms with E-state index in [0.29, 0.717) is 13.1 Å². The fourth-order valence-corrected chi connectivity index (χ4v) is 3.63. The molecule has 1 aromatic carbocycles. The minimum atomic E-state index is -4.64. The highest BCUT2D eigenvalue weighted by Gasteiger charge is 2.35. The molecule has 6 nitrogen and oxygen atoms in total. The molecule has 0 saturated carbocycles. The molecule has 0 aliphatic carbocycles. The van der Waals surface area contributed by atoms with Gasteiger partial charge in [-0.05, 0) is 18.7 Å². The number of nitrogens with zero attached hydrogens (tertiary/aromatic N) is 3. The zero-order chi connectivity index (χ0) is 20.3. The van der Waals surface area contributed by atoms with Crippen molar-refractivity contribution in [2.45, 2.75) is 13.1 Å². The zero-order valence-electron chi connectivity index (χ0n) is 15.1. The Bertz CT molecular complexity index is 861. The lowest BCUT2D eigenvalue weighted by Gasteiger charge is -2.33. The van der Waals surface area contributed by atoms with Crippen molar-refractivity contribution >= 4 is 28.3 Å². The third-order valence-corrected chi connectivity index (χ3v) is 5.29. The first-order chi connectivity index (χ1) is 13.3. The number of benzene rings is 1. The standard InChI is InChI=1S/C18H19F3N4O2S/c1-2-24-7-9-25(10-8-24)16(27)14-11-28-17(22-14)23-15(26)12-5-3-4-6-13(12)18(19,20)21/h3-6,11H,2,7-10H2,1H3,(H,22,23,26). The number of aromatic nitrogens is 1. The van der Waals surface area contributed by atoms with Crippen LogP contribution < -0.4 is 5.32 Å². The molecule has 1 fully saturated rings. The normalized spacial score (nSPS) is 15.5. The van der Waals surface area contributed by atoms with Crippen molar-refractivity contribution in [3.63, 3.8) is 0 Å². The van der Waals surface area contributed by atoms with E-state index >= 15 is 0 Å². The van der Waals surface area contributed by atoms with Gasteiger partial charge in [0.2, 0.25) is 0 Å². The lowest BCUT2D eigenvalue weighted by Crippen LogP contribution is -2.48. The van der Waals surface area contributed by atoms with Crippen LogP contribution in [0.3, 0.4) is 0 Å². The predicted molar refractivity (Wildman–Crippen MR) is 99.5 cm³/mol. The highest BCUT2D eigenvalue weighted by atomic mass is 32.1. The van der Waals surface area contributed by atoms with E-state index in [1.165, 1.54) is 17.5 Å². The van der Waals surface area contributed by atoms with Crippen molar-refractivity contribution in [1.82, 2.24) is 14.8 Å². The molecule has 1 aliphatic heterocycles. The molecule has 0 atom stereocenters. The summed E-state index contributed by atoms with van der Waals surface area (Å²) in [6.45, 7) is 5.72. The monoisotopic (exact) mass is 412 g/mol. The van der Waals surface area contributed by atoms with E-state index in [9.17, 15) is 22.8 Å². The SMILES string of the molecule is CCN1CCN(C(=O)c2csc(NC(=O)c3ccccc3C(F)(F)F)n2)CC1. The molecular formula is C18H19F3N4O2S. The minimum Gasteiger partial charge on any atom is -0.335 e. The minimum absolute atomic E-state index is 0.0810. The topological polar surface area (TPSA) is 65.5 Å². The summed E-state index contributed by atoms with van der Waals surface area (Å²) in [5.41, 5.74) is -1.34. The molecule has 2 aromatic rings. The molecule has 0 unspecified atom stereocenters. The van der Waals surface area contributed by atoms with Gasteiger partial charge in [-0.3, -0.25) is 14.9 Å². The quantitative estimate of drug-likeness (QED) is 0.838. The Morgan fingerprint density at radius 3 is 2.50 bits per heavy atom. The first-order valence-corrected chi connectivity index (χ1v) is 9.62. The second kappa shape index (κ2) is 8.27. The molecular weight excluding hydrogens is 393 g/mol. The number of hydrogen-bond acceptors (Lipinski definition) is 5. The summed E-state index contributed by atoms with van der Waals surface area (Å²) in [5.74, 6) is -1.17. The molecule has 0 radical (unpaired) electrons. The van der Waals surface area contributed by atoms with Gasteiger partial charge in [-0.25, -0.2) is 4.98 Å². The predicted octanol–water partition coefficient (Wildman–Crippen LogP) is 3.19. The van der Waals surface area contributed by atoms with Crippen molar-refractivity contribution in [3.05, 3.63) is 46.5 Å². The number of amides is 2. The summed E-state index contributed by atoms with van der Waals surface area (Å²) >= 11 is 1.00. The summed E-state index contributed by atoms with van der Waals surface area (Å²) < 4.78 is 39.2. The van der Waals surface area contributed by atoms with E-state index in [0.717, 1.165) is 43.1 Å². The largest absolute Gasteiger partial charge is 0.417 e. The van der Waals surface area contributed by atoms with Gasteiger partial charge in [0, 0.05) is 31.6 Å². The van der Waals surface area contributed by atoms with Crippen LogP contribution in [0.25, 0.3) is 0 Å². The summed E-state index contributed by atoms with van der Waals surface area (Å²) in [6, 6.07) is 4.53. The lowest BCUT2D eigenvalue weighted by atomic mass is 10.1. The second-order valence-corrected chi connectivity index (χ2v) is 7.12. The Kier molecular flexibility index (Phi) is 5.99. The Morgan fingerprint density at radius 1 is 1.18 bits per heavy atom. The molecule has 3 rings (SSSR count). The third kappa shape index (κ3) is 4.50. The highest BCUT2D eigenvalue weighted by molar-refractivity contribution is 7.14. The molecule has 10 heteroatoms. The molecule has 1 aliphatic rings. The van der Waals surface area contributed by atoms with E-state index in [1.807, 2.05) is 0 Å². The van der Waals surface area contributed by atoms with Crippen molar-refractivity contribution in [1.29, 1.82) is 0 Å². The van der Waals surface area contributed by atoms with E-state index in [2.05, 4.69) is 22.1 Å². The van der Waals surface area contributed by atoms with E-state index in [1.54, 1.807) is 4.90 Å². The maximum atomic E-state index is 13.1. The molecule has 0 bridgehead atoms. The van der Waals surface area contributed by atoms with Crippen LogP contribution in [0, 0.1) is 0 Å². The fraction of sp³-hybridized carbons (Fsp3) is 0.389. The second-order valence-electron chi connectivity index (χ2n) is 6.26. The maximum absolute atomic E-state index is 13.1. The van der Waals surface area contributed by atoms with Gasteiger partial charge < -0.3 is 9.80 Å². The summed E-state index contributed by atoms with van der Waals surface area (Å²) in [4.78, 5) is 32.8. The van der Waals surface area contributed by atoms with Crippen molar-refractivity contribution < 1.29 is 22.8 Å². The van der Waals surface area contributed by atoms with Gasteiger partial charge in [-0.2, -0.15) is 13.2 Å². The van der Waals surface area contributed by atoms with Crippen LogP contribution in [-0.4, -0.2) is 59.3 Å². The summed E-state index contributed by atoms with van der Waals surface area (Å²) in [6.07, 6.45) is -4.64. The van der Waals surface area contributed by atoms with Gasteiger partial charge in [0.25, 0.3) is 11.8 Å². The number of anilines is 1. The number of nitrogens with one attached hydrogen (secondary N) is 1. The lowest BCUT2D eigenvalue weighted by molar-refractivity contribution is -0.137. The summed E-state index contributed by atoms with van der Waals surface area (Å²) in [7, 11) is 0. The van der Waals surface area contributed by atoms with Crippen LogP contribution in [0.15, 0.2) is 29.6 Å². The van der Waals surface area contributed by atoms with Gasteiger partial charge in [-0.15, -0.1) is 11.3 Å². The van der Waals surface area contributed by atoms with Gasteiger partial charge in [0.15, 0.2) is 5.13 Å². The average Bonchev–Trinajstić information content (AvgIpc) is 3.15. The van der Waals surface area contributed by atoms with Crippen LogP contribution in [0.2, 0.25) is 0 Å². The number of piperazine rings is 1. The number of carbonyl (C=O) groups is 2. The van der Waals surface area contributed by atoms with Gasteiger partial charge in [-0.1, -0.05) is 19.1 Å². The number of thiazole rings is 1. The Labute approximate surface area is 164 Å². The van der Waals surface area contributed by atoms with Gasteiger partial charge >= 0.3 is 6.18 Å². The van der Waals surface area contributed by atoms with E-state index in [-0.39, 0.29) is 16.7 Å². The number of likely N-dealkylation sites (N-methyl/N-ethyl adjacent to an activating group) is 1. The number of hydrogen-bond donors (Lipinski definition) is 1. The number of carbonyl (C=O) groups excluding carboxylic acids is 2. The Morgan fingerprint density at radius 2 is 1.86 bits per heavy atom. The smallest absolute Gasteiger partial charge is 0.335 e. The van der Waals surface area contributed by atoms with Crippen LogP contribution >= 0.6 is 11.3 Å². The van der Waals surface area contributed by atoms with Gasteiger partial charge in [0.1, 0.15) is 5.69 Å². The Balaban J connectivity index is 1.68. The first-order valence-electron chi connectivity index (χ1n) is 8.74. The van der Waals surface area contributed by atoms with Crippen LogP contribution in [0.4, 0.5) is 18.3 Å². The molecule has 1 aromatic heterocycles. The first kappa shape index (κ1) is 20.3.